The number of sulfonamides is 1. The van der Waals surface area contributed by atoms with E-state index >= 15 is 0 Å². The van der Waals surface area contributed by atoms with Crippen molar-refractivity contribution in [3.05, 3.63) is 70.1 Å². The number of fused-ring (bicyclic) bond motifs is 1. The first-order valence-electron chi connectivity index (χ1n) is 9.81. The number of benzene rings is 2. The van der Waals surface area contributed by atoms with Crippen molar-refractivity contribution in [2.75, 3.05) is 18.4 Å². The van der Waals surface area contributed by atoms with Gasteiger partial charge >= 0.3 is 5.63 Å². The summed E-state index contributed by atoms with van der Waals surface area (Å²) in [5, 5.41) is 3.29. The van der Waals surface area contributed by atoms with Crippen molar-refractivity contribution < 1.29 is 17.6 Å². The van der Waals surface area contributed by atoms with Crippen LogP contribution in [0.25, 0.3) is 11.0 Å². The third kappa shape index (κ3) is 3.88. The smallest absolute Gasteiger partial charge is 0.349 e. The van der Waals surface area contributed by atoms with E-state index in [-0.39, 0.29) is 10.5 Å². The second-order valence-corrected chi connectivity index (χ2v) is 9.32. The minimum absolute atomic E-state index is 0.121. The van der Waals surface area contributed by atoms with Crippen LogP contribution in [0.1, 0.15) is 35.2 Å². The molecule has 0 bridgehead atoms. The van der Waals surface area contributed by atoms with E-state index in [2.05, 4.69) is 5.32 Å². The molecule has 2 aromatic carbocycles. The quantitative estimate of drug-likeness (QED) is 0.644. The average Bonchev–Trinajstić information content (AvgIpc) is 2.75. The third-order valence-corrected chi connectivity index (χ3v) is 7.19. The molecule has 1 N–H and O–H groups in total. The van der Waals surface area contributed by atoms with Crippen LogP contribution in [0, 0.1) is 6.92 Å². The first kappa shape index (κ1) is 20.3. The molecule has 0 radical (unpaired) electrons. The van der Waals surface area contributed by atoms with Gasteiger partial charge in [0.25, 0.3) is 5.91 Å². The molecule has 1 aliphatic heterocycles. The summed E-state index contributed by atoms with van der Waals surface area (Å²) in [4.78, 5) is 25.1. The lowest BCUT2D eigenvalue weighted by molar-refractivity contribution is 0.102. The molecular weight excluding hydrogens is 404 g/mol. The fourth-order valence-electron chi connectivity index (χ4n) is 3.56. The van der Waals surface area contributed by atoms with Gasteiger partial charge in [-0.2, -0.15) is 4.31 Å². The lowest BCUT2D eigenvalue weighted by Gasteiger charge is -2.26. The molecule has 1 amide bonds. The molecule has 1 fully saturated rings. The number of carbonyl (C=O) groups is 1. The maximum absolute atomic E-state index is 13.0. The van der Waals surface area contributed by atoms with Crippen molar-refractivity contribution in [1.82, 2.24) is 4.31 Å². The molecule has 0 atom stereocenters. The maximum Gasteiger partial charge on any atom is 0.349 e. The second-order valence-electron chi connectivity index (χ2n) is 7.38. The number of anilines is 1. The van der Waals surface area contributed by atoms with Crippen LogP contribution in [0.3, 0.4) is 0 Å². The zero-order chi connectivity index (χ0) is 21.3. The zero-order valence-electron chi connectivity index (χ0n) is 16.6. The highest BCUT2D eigenvalue weighted by molar-refractivity contribution is 7.89. The highest BCUT2D eigenvalue weighted by Crippen LogP contribution is 2.25. The molecule has 30 heavy (non-hydrogen) atoms. The van der Waals surface area contributed by atoms with Gasteiger partial charge in [0.05, 0.1) is 4.90 Å². The van der Waals surface area contributed by atoms with E-state index in [0.29, 0.717) is 35.3 Å². The second kappa shape index (κ2) is 8.04. The van der Waals surface area contributed by atoms with E-state index in [4.69, 9.17) is 4.42 Å². The van der Waals surface area contributed by atoms with Crippen molar-refractivity contribution in [2.45, 2.75) is 31.1 Å². The molecule has 3 aromatic rings. The first-order chi connectivity index (χ1) is 14.4. The maximum atomic E-state index is 13.0. The molecule has 7 nitrogen and oxygen atoms in total. The summed E-state index contributed by atoms with van der Waals surface area (Å²) in [6.45, 7) is 2.75. The van der Waals surface area contributed by atoms with Crippen molar-refractivity contribution >= 4 is 32.6 Å². The monoisotopic (exact) mass is 426 g/mol. The molecule has 0 unspecified atom stereocenters. The Morgan fingerprint density at radius 3 is 2.53 bits per heavy atom. The highest BCUT2D eigenvalue weighted by Gasteiger charge is 2.26. The molecule has 4 rings (SSSR count). The van der Waals surface area contributed by atoms with Gasteiger partial charge < -0.3 is 9.73 Å². The number of amides is 1. The summed E-state index contributed by atoms with van der Waals surface area (Å²) in [6.07, 6.45) is 2.70. The van der Waals surface area contributed by atoms with E-state index in [0.717, 1.165) is 19.3 Å². The van der Waals surface area contributed by atoms with Crippen LogP contribution in [-0.4, -0.2) is 31.7 Å². The van der Waals surface area contributed by atoms with Crippen molar-refractivity contribution in [2.24, 2.45) is 0 Å². The largest absolute Gasteiger partial charge is 0.422 e. The lowest BCUT2D eigenvalue weighted by atomic mass is 10.1. The van der Waals surface area contributed by atoms with Gasteiger partial charge in [-0.1, -0.05) is 30.7 Å². The van der Waals surface area contributed by atoms with E-state index in [1.54, 1.807) is 43.3 Å². The minimum Gasteiger partial charge on any atom is -0.422 e. The Bertz CT molecular complexity index is 1270. The van der Waals surface area contributed by atoms with Gasteiger partial charge in [-0.25, -0.2) is 13.2 Å². The van der Waals surface area contributed by atoms with Gasteiger partial charge in [-0.15, -0.1) is 0 Å². The van der Waals surface area contributed by atoms with E-state index in [9.17, 15) is 18.0 Å². The summed E-state index contributed by atoms with van der Waals surface area (Å²) in [6, 6.07) is 13.0. The SMILES string of the molecule is Cc1ccc(S(=O)(=O)N2CCCCC2)cc1NC(=O)c1cc2ccccc2oc1=O. The van der Waals surface area contributed by atoms with Crippen LogP contribution in [0.2, 0.25) is 0 Å². The predicted octanol–water partition coefficient (Wildman–Crippen LogP) is 3.53. The summed E-state index contributed by atoms with van der Waals surface area (Å²) in [5.41, 5.74) is 0.528. The Balaban J connectivity index is 1.65. The Morgan fingerprint density at radius 2 is 1.77 bits per heavy atom. The van der Waals surface area contributed by atoms with Gasteiger partial charge in [-0.05, 0) is 49.6 Å². The lowest BCUT2D eigenvalue weighted by Crippen LogP contribution is -2.35. The number of aryl methyl sites for hydroxylation is 1. The van der Waals surface area contributed by atoms with E-state index < -0.39 is 21.6 Å². The van der Waals surface area contributed by atoms with Gasteiger partial charge in [0, 0.05) is 24.2 Å². The molecule has 2 heterocycles. The Labute approximate surface area is 174 Å². The van der Waals surface area contributed by atoms with Crippen molar-refractivity contribution in [1.29, 1.82) is 0 Å². The van der Waals surface area contributed by atoms with Crippen LogP contribution >= 0.6 is 0 Å². The number of para-hydroxylation sites is 1. The third-order valence-electron chi connectivity index (χ3n) is 5.30. The number of carbonyl (C=O) groups excluding carboxylic acids is 1. The number of hydrogen-bond donors (Lipinski definition) is 1. The number of nitrogens with zero attached hydrogens (tertiary/aromatic N) is 1. The molecule has 0 spiro atoms. The van der Waals surface area contributed by atoms with Crippen LogP contribution in [0.15, 0.2) is 62.6 Å². The molecule has 8 heteroatoms. The first-order valence-corrected chi connectivity index (χ1v) is 11.3. The van der Waals surface area contributed by atoms with Gasteiger partial charge in [0.2, 0.25) is 10.0 Å². The number of nitrogens with one attached hydrogen (secondary N) is 1. The summed E-state index contributed by atoms with van der Waals surface area (Å²) in [5.74, 6) is -0.648. The predicted molar refractivity (Wildman–Crippen MR) is 114 cm³/mol. The molecule has 1 aromatic heterocycles. The molecule has 0 aliphatic carbocycles. The molecular formula is C22H22N2O5S. The molecule has 1 saturated heterocycles. The molecule has 0 saturated carbocycles. The molecule has 1 aliphatic rings. The van der Waals surface area contributed by atoms with E-state index in [1.807, 2.05) is 0 Å². The van der Waals surface area contributed by atoms with Crippen molar-refractivity contribution in [3.8, 4) is 0 Å². The standard InChI is InChI=1S/C22H22N2O5S/c1-15-9-10-17(30(27,28)24-11-5-2-6-12-24)14-19(15)23-21(25)18-13-16-7-3-4-8-20(16)29-22(18)26/h3-4,7-10,13-14H,2,5-6,11-12H2,1H3,(H,23,25). The Morgan fingerprint density at radius 1 is 1.03 bits per heavy atom. The van der Waals surface area contributed by atoms with Crippen molar-refractivity contribution in [3.63, 3.8) is 0 Å². The molecule has 156 valence electrons. The summed E-state index contributed by atoms with van der Waals surface area (Å²) in [7, 11) is -3.64. The van der Waals surface area contributed by atoms with Gasteiger partial charge in [0.15, 0.2) is 0 Å². The minimum atomic E-state index is -3.64. The average molecular weight is 426 g/mol. The topological polar surface area (TPSA) is 96.7 Å². The number of hydrogen-bond acceptors (Lipinski definition) is 5. The zero-order valence-corrected chi connectivity index (χ0v) is 17.4. The number of rotatable bonds is 4. The van der Waals surface area contributed by atoms with Crippen LogP contribution in [-0.2, 0) is 10.0 Å². The summed E-state index contributed by atoms with van der Waals surface area (Å²) >= 11 is 0. The van der Waals surface area contributed by atoms with Crippen LogP contribution in [0.5, 0.6) is 0 Å². The fraction of sp³-hybridized carbons (Fsp3) is 0.273. The van der Waals surface area contributed by atoms with Crippen LogP contribution < -0.4 is 10.9 Å². The normalized spacial score (nSPS) is 15.2. The van der Waals surface area contributed by atoms with Crippen LogP contribution in [0.4, 0.5) is 5.69 Å². The Kier molecular flexibility index (Phi) is 5.44. The van der Waals surface area contributed by atoms with Gasteiger partial charge in [-0.3, -0.25) is 4.79 Å². The fourth-order valence-corrected chi connectivity index (χ4v) is 5.10. The number of piperidine rings is 1. The Hall–Kier alpha value is -2.97. The van der Waals surface area contributed by atoms with Gasteiger partial charge in [0.1, 0.15) is 11.1 Å². The van der Waals surface area contributed by atoms with E-state index in [1.165, 1.54) is 16.4 Å². The summed E-state index contributed by atoms with van der Waals surface area (Å²) < 4.78 is 32.6. The highest BCUT2D eigenvalue weighted by atomic mass is 32.2.